The Balaban J connectivity index is 2.12. The fourth-order valence-corrected chi connectivity index (χ4v) is 2.63. The molecule has 2 heterocycles. The molecule has 1 atom stereocenters. The van der Waals surface area contributed by atoms with Crippen LogP contribution in [-0.4, -0.2) is 32.5 Å². The molecule has 1 unspecified atom stereocenters. The van der Waals surface area contributed by atoms with Gasteiger partial charge in [-0.05, 0) is 26.3 Å². The molecule has 9 heteroatoms. The fraction of sp³-hybridized carbons (Fsp3) is 0.353. The van der Waals surface area contributed by atoms with E-state index in [1.807, 2.05) is 38.1 Å². The van der Waals surface area contributed by atoms with E-state index < -0.39 is 18.3 Å². The summed E-state index contributed by atoms with van der Waals surface area (Å²) in [6, 6.07) is 7.27. The van der Waals surface area contributed by atoms with E-state index in [4.69, 9.17) is 4.74 Å². The van der Waals surface area contributed by atoms with Crippen LogP contribution in [0.25, 0.3) is 11.0 Å². The highest BCUT2D eigenvalue weighted by molar-refractivity contribution is 5.80. The maximum atomic E-state index is 12.5. The van der Waals surface area contributed by atoms with Crippen LogP contribution in [0.1, 0.15) is 29.9 Å². The van der Waals surface area contributed by atoms with Gasteiger partial charge in [0, 0.05) is 0 Å². The van der Waals surface area contributed by atoms with E-state index in [0.29, 0.717) is 5.82 Å². The molecule has 6 nitrogen and oxygen atoms in total. The van der Waals surface area contributed by atoms with Crippen molar-refractivity contribution >= 4 is 11.0 Å². The third kappa shape index (κ3) is 3.56. The van der Waals surface area contributed by atoms with E-state index in [1.165, 1.54) is 4.68 Å². The summed E-state index contributed by atoms with van der Waals surface area (Å²) >= 11 is 0. The molecule has 1 aromatic carbocycles. The lowest BCUT2D eigenvalue weighted by molar-refractivity contribution is -0.153. The molecule has 0 spiro atoms. The second-order valence-electron chi connectivity index (χ2n) is 6.09. The van der Waals surface area contributed by atoms with Crippen LogP contribution in [0.2, 0.25) is 0 Å². The van der Waals surface area contributed by atoms with Crippen molar-refractivity contribution in [2.24, 2.45) is 0 Å². The van der Waals surface area contributed by atoms with Gasteiger partial charge in [0.25, 0.3) is 5.56 Å². The Kier molecular flexibility index (Phi) is 4.47. The first kappa shape index (κ1) is 18.0. The summed E-state index contributed by atoms with van der Waals surface area (Å²) in [5.41, 5.74) is 1.54. The molecule has 3 rings (SSSR count). The van der Waals surface area contributed by atoms with Gasteiger partial charge in [0.15, 0.2) is 12.3 Å². The van der Waals surface area contributed by atoms with Crippen LogP contribution >= 0.6 is 0 Å². The molecule has 138 valence electrons. The molecule has 0 aliphatic heterocycles. The Morgan fingerprint density at radius 2 is 1.88 bits per heavy atom. The standard InChI is InChI=1S/C17H17F3N4O2/c1-9-4-6-12(7-5-9)10(2)24-14-13(15(25)22-11(3)21-14)16(23-24)26-8-17(18,19)20/h4-7,10H,8H2,1-3H3,(H,21,22,25). The van der Waals surface area contributed by atoms with Gasteiger partial charge < -0.3 is 9.72 Å². The fourth-order valence-electron chi connectivity index (χ4n) is 2.63. The summed E-state index contributed by atoms with van der Waals surface area (Å²) in [4.78, 5) is 19.0. The Labute approximate surface area is 146 Å². The number of aromatic amines is 1. The Morgan fingerprint density at radius 1 is 1.23 bits per heavy atom. The first-order chi connectivity index (χ1) is 12.2. The van der Waals surface area contributed by atoms with Crippen molar-refractivity contribution in [2.45, 2.75) is 33.0 Å². The van der Waals surface area contributed by atoms with E-state index in [-0.39, 0.29) is 23.0 Å². The molecule has 2 aromatic heterocycles. The summed E-state index contributed by atoms with van der Waals surface area (Å²) < 4.78 is 43.7. The number of hydrogen-bond donors (Lipinski definition) is 1. The Morgan fingerprint density at radius 3 is 2.50 bits per heavy atom. The van der Waals surface area contributed by atoms with Crippen LogP contribution in [0.5, 0.6) is 5.88 Å². The Bertz CT molecular complexity index is 990. The monoisotopic (exact) mass is 366 g/mol. The average molecular weight is 366 g/mol. The van der Waals surface area contributed by atoms with Gasteiger partial charge >= 0.3 is 6.18 Å². The molecular formula is C17H17F3N4O2. The highest BCUT2D eigenvalue weighted by atomic mass is 19.4. The number of nitrogens with zero attached hydrogens (tertiary/aromatic N) is 3. The number of ether oxygens (including phenoxy) is 1. The van der Waals surface area contributed by atoms with Crippen molar-refractivity contribution < 1.29 is 17.9 Å². The Hall–Kier alpha value is -2.84. The van der Waals surface area contributed by atoms with Gasteiger partial charge in [-0.3, -0.25) is 4.79 Å². The molecule has 0 saturated carbocycles. The quantitative estimate of drug-likeness (QED) is 0.769. The highest BCUT2D eigenvalue weighted by Gasteiger charge is 2.30. The smallest absolute Gasteiger partial charge is 0.422 e. The van der Waals surface area contributed by atoms with Gasteiger partial charge in [-0.25, -0.2) is 9.67 Å². The number of halogens is 3. The van der Waals surface area contributed by atoms with Crippen LogP contribution in [0.4, 0.5) is 13.2 Å². The third-order valence-electron chi connectivity index (χ3n) is 3.95. The summed E-state index contributed by atoms with van der Waals surface area (Å²) in [5, 5.41) is 4.01. The van der Waals surface area contributed by atoms with E-state index in [1.54, 1.807) is 6.92 Å². The molecule has 26 heavy (non-hydrogen) atoms. The lowest BCUT2D eigenvalue weighted by Crippen LogP contribution is -2.20. The SMILES string of the molecule is Cc1ccc(C(C)n2nc(OCC(F)(F)F)c3c(=O)[nH]c(C)nc32)cc1. The number of alkyl halides is 3. The largest absolute Gasteiger partial charge is 0.466 e. The number of rotatable bonds is 4. The molecular weight excluding hydrogens is 349 g/mol. The maximum absolute atomic E-state index is 12.5. The van der Waals surface area contributed by atoms with Crippen LogP contribution in [0, 0.1) is 13.8 Å². The van der Waals surface area contributed by atoms with Crippen molar-refractivity contribution in [3.8, 4) is 5.88 Å². The normalized spacial score (nSPS) is 13.2. The first-order valence-electron chi connectivity index (χ1n) is 7.91. The van der Waals surface area contributed by atoms with Crippen molar-refractivity contribution in [3.05, 3.63) is 51.6 Å². The highest BCUT2D eigenvalue weighted by Crippen LogP contribution is 2.28. The maximum Gasteiger partial charge on any atom is 0.422 e. The number of fused-ring (bicyclic) bond motifs is 1. The van der Waals surface area contributed by atoms with E-state index in [0.717, 1.165) is 11.1 Å². The molecule has 0 saturated heterocycles. The second-order valence-corrected chi connectivity index (χ2v) is 6.09. The van der Waals surface area contributed by atoms with Crippen molar-refractivity contribution in [1.29, 1.82) is 0 Å². The molecule has 0 bridgehead atoms. The molecule has 0 aliphatic rings. The van der Waals surface area contributed by atoms with Crippen LogP contribution in [-0.2, 0) is 0 Å². The van der Waals surface area contributed by atoms with E-state index in [9.17, 15) is 18.0 Å². The topological polar surface area (TPSA) is 72.8 Å². The van der Waals surface area contributed by atoms with Crippen LogP contribution < -0.4 is 10.3 Å². The van der Waals surface area contributed by atoms with Gasteiger partial charge in [0.1, 0.15) is 11.2 Å². The third-order valence-corrected chi connectivity index (χ3v) is 3.95. The minimum atomic E-state index is -4.54. The zero-order valence-corrected chi connectivity index (χ0v) is 14.4. The zero-order chi connectivity index (χ0) is 19.1. The van der Waals surface area contributed by atoms with Gasteiger partial charge in [-0.1, -0.05) is 29.8 Å². The number of benzene rings is 1. The van der Waals surface area contributed by atoms with Crippen LogP contribution in [0.3, 0.4) is 0 Å². The van der Waals surface area contributed by atoms with E-state index in [2.05, 4.69) is 15.1 Å². The van der Waals surface area contributed by atoms with Gasteiger partial charge in [0.05, 0.1) is 6.04 Å². The number of aryl methyl sites for hydroxylation is 2. The number of H-pyrrole nitrogens is 1. The first-order valence-corrected chi connectivity index (χ1v) is 7.91. The molecule has 1 N–H and O–H groups in total. The molecule has 0 radical (unpaired) electrons. The lowest BCUT2D eigenvalue weighted by atomic mass is 10.1. The number of nitrogens with one attached hydrogen (secondary N) is 1. The zero-order valence-electron chi connectivity index (χ0n) is 14.4. The van der Waals surface area contributed by atoms with Gasteiger partial charge in [-0.2, -0.15) is 13.2 Å². The summed E-state index contributed by atoms with van der Waals surface area (Å²) in [7, 11) is 0. The molecule has 0 amide bonds. The lowest BCUT2D eigenvalue weighted by Gasteiger charge is -2.13. The average Bonchev–Trinajstić information content (AvgIpc) is 2.91. The molecule has 0 fully saturated rings. The summed E-state index contributed by atoms with van der Waals surface area (Å²) in [5.74, 6) is -0.0489. The van der Waals surface area contributed by atoms with Gasteiger partial charge in [-0.15, -0.1) is 5.10 Å². The molecule has 3 aromatic rings. The van der Waals surface area contributed by atoms with Crippen molar-refractivity contribution in [2.75, 3.05) is 6.61 Å². The summed E-state index contributed by atoms with van der Waals surface area (Å²) in [6.45, 7) is 3.82. The number of hydrogen-bond acceptors (Lipinski definition) is 4. The van der Waals surface area contributed by atoms with E-state index >= 15 is 0 Å². The minimum Gasteiger partial charge on any atom is -0.466 e. The second kappa shape index (κ2) is 6.47. The molecule has 0 aliphatic carbocycles. The van der Waals surface area contributed by atoms with Crippen LogP contribution in [0.15, 0.2) is 29.1 Å². The minimum absolute atomic E-state index is 0.0983. The van der Waals surface area contributed by atoms with Crippen molar-refractivity contribution in [3.63, 3.8) is 0 Å². The van der Waals surface area contributed by atoms with Gasteiger partial charge in [0.2, 0.25) is 5.88 Å². The summed E-state index contributed by atoms with van der Waals surface area (Å²) in [6.07, 6.45) is -4.54. The van der Waals surface area contributed by atoms with Crippen molar-refractivity contribution in [1.82, 2.24) is 19.7 Å². The predicted octanol–water partition coefficient (Wildman–Crippen LogP) is 3.29. The number of aromatic nitrogens is 4. The predicted molar refractivity (Wildman–Crippen MR) is 89.4 cm³/mol.